The van der Waals surface area contributed by atoms with E-state index in [4.69, 9.17) is 4.74 Å². The lowest BCUT2D eigenvalue weighted by molar-refractivity contribution is 0.401. The Balaban J connectivity index is 2.01. The number of aromatic nitrogens is 1. The summed E-state index contributed by atoms with van der Waals surface area (Å²) in [5, 5.41) is 12.6. The topological polar surface area (TPSA) is 54.4 Å². The quantitative estimate of drug-likeness (QED) is 0.865. The number of hydrogen-bond donors (Lipinski definition) is 2. The molecule has 2 rings (SSSR count). The molecular formula is C15H18N2O2. The molecule has 0 unspecified atom stereocenters. The van der Waals surface area contributed by atoms with Crippen molar-refractivity contribution in [2.45, 2.75) is 19.5 Å². The van der Waals surface area contributed by atoms with Crippen molar-refractivity contribution >= 4 is 0 Å². The summed E-state index contributed by atoms with van der Waals surface area (Å²) >= 11 is 0. The van der Waals surface area contributed by atoms with Crippen LogP contribution in [0.4, 0.5) is 0 Å². The Kier molecular flexibility index (Phi) is 4.36. The predicted molar refractivity (Wildman–Crippen MR) is 74.2 cm³/mol. The zero-order valence-corrected chi connectivity index (χ0v) is 11.1. The van der Waals surface area contributed by atoms with E-state index >= 15 is 0 Å². The van der Waals surface area contributed by atoms with E-state index in [1.807, 2.05) is 24.3 Å². The van der Waals surface area contributed by atoms with E-state index in [0.29, 0.717) is 6.54 Å². The highest BCUT2D eigenvalue weighted by Gasteiger charge is 2.10. The molecule has 0 aliphatic rings. The molecular weight excluding hydrogens is 240 g/mol. The third kappa shape index (κ3) is 3.45. The van der Waals surface area contributed by atoms with E-state index in [9.17, 15) is 5.11 Å². The number of ether oxygens (including phenoxy) is 1. The molecule has 1 atom stereocenters. The molecule has 2 aromatic rings. The summed E-state index contributed by atoms with van der Waals surface area (Å²) in [4.78, 5) is 4.14. The van der Waals surface area contributed by atoms with Crippen molar-refractivity contribution in [3.63, 3.8) is 0 Å². The number of nitrogens with zero attached hydrogens (tertiary/aromatic N) is 1. The minimum atomic E-state index is 0.159. The van der Waals surface area contributed by atoms with Gasteiger partial charge in [-0.05, 0) is 25.1 Å². The van der Waals surface area contributed by atoms with Crippen LogP contribution < -0.4 is 10.1 Å². The number of methoxy groups -OCH3 is 1. The van der Waals surface area contributed by atoms with Crippen molar-refractivity contribution in [2.75, 3.05) is 7.11 Å². The Morgan fingerprint density at radius 1 is 1.26 bits per heavy atom. The molecule has 0 bridgehead atoms. The Morgan fingerprint density at radius 2 is 2.05 bits per heavy atom. The van der Waals surface area contributed by atoms with Gasteiger partial charge in [-0.15, -0.1) is 0 Å². The Hall–Kier alpha value is -2.07. The van der Waals surface area contributed by atoms with Gasteiger partial charge in [0.05, 0.1) is 19.0 Å². The van der Waals surface area contributed by atoms with Crippen LogP contribution in [0, 0.1) is 0 Å². The molecule has 100 valence electrons. The Bertz CT molecular complexity index is 526. The zero-order valence-electron chi connectivity index (χ0n) is 11.1. The van der Waals surface area contributed by atoms with E-state index in [1.165, 1.54) is 6.20 Å². The van der Waals surface area contributed by atoms with Crippen molar-refractivity contribution < 1.29 is 9.84 Å². The maximum Gasteiger partial charge on any atom is 0.133 e. The fourth-order valence-electron chi connectivity index (χ4n) is 1.91. The SMILES string of the molecule is COc1ccccc1[C@@H](C)NCc1ccc(O)cn1. The fourth-order valence-corrected chi connectivity index (χ4v) is 1.91. The lowest BCUT2D eigenvalue weighted by Crippen LogP contribution is -2.19. The maximum absolute atomic E-state index is 9.18. The van der Waals surface area contributed by atoms with E-state index in [1.54, 1.807) is 19.2 Å². The average molecular weight is 258 g/mol. The van der Waals surface area contributed by atoms with Gasteiger partial charge in [0.25, 0.3) is 0 Å². The van der Waals surface area contributed by atoms with Crippen LogP contribution in [0.15, 0.2) is 42.6 Å². The standard InChI is InChI=1S/C15H18N2O2/c1-11(14-5-3-4-6-15(14)19-2)16-9-12-7-8-13(18)10-17-12/h3-8,10-11,16,18H,9H2,1-2H3/t11-/m1/s1. The first kappa shape index (κ1) is 13.4. The van der Waals surface area contributed by atoms with Gasteiger partial charge in [-0.2, -0.15) is 0 Å². The van der Waals surface area contributed by atoms with E-state index in [0.717, 1.165) is 17.0 Å². The van der Waals surface area contributed by atoms with Crippen LogP contribution in [0.2, 0.25) is 0 Å². The summed E-state index contributed by atoms with van der Waals surface area (Å²) in [6.07, 6.45) is 1.45. The highest BCUT2D eigenvalue weighted by molar-refractivity contribution is 5.35. The van der Waals surface area contributed by atoms with Crippen LogP contribution in [0.25, 0.3) is 0 Å². The van der Waals surface area contributed by atoms with Crippen LogP contribution in [0.5, 0.6) is 11.5 Å². The van der Waals surface area contributed by atoms with Crippen molar-refractivity contribution in [3.05, 3.63) is 53.9 Å². The van der Waals surface area contributed by atoms with Gasteiger partial charge in [-0.1, -0.05) is 18.2 Å². The number of rotatable bonds is 5. The first-order chi connectivity index (χ1) is 9.20. The number of aromatic hydroxyl groups is 1. The molecule has 4 nitrogen and oxygen atoms in total. The monoisotopic (exact) mass is 258 g/mol. The average Bonchev–Trinajstić information content (AvgIpc) is 2.46. The van der Waals surface area contributed by atoms with E-state index < -0.39 is 0 Å². The van der Waals surface area contributed by atoms with Crippen LogP contribution >= 0.6 is 0 Å². The van der Waals surface area contributed by atoms with E-state index in [2.05, 4.69) is 17.2 Å². The van der Waals surface area contributed by atoms with Crippen LogP contribution in [0.3, 0.4) is 0 Å². The lowest BCUT2D eigenvalue weighted by Gasteiger charge is -2.17. The largest absolute Gasteiger partial charge is 0.506 e. The highest BCUT2D eigenvalue weighted by Crippen LogP contribution is 2.24. The van der Waals surface area contributed by atoms with Crippen LogP contribution in [-0.2, 0) is 6.54 Å². The number of para-hydroxylation sites is 1. The number of hydrogen-bond acceptors (Lipinski definition) is 4. The lowest BCUT2D eigenvalue weighted by atomic mass is 10.1. The van der Waals surface area contributed by atoms with Gasteiger partial charge in [0.15, 0.2) is 0 Å². The molecule has 2 N–H and O–H groups in total. The second-order valence-corrected chi connectivity index (χ2v) is 4.35. The smallest absolute Gasteiger partial charge is 0.133 e. The second-order valence-electron chi connectivity index (χ2n) is 4.35. The number of pyridine rings is 1. The molecule has 0 saturated heterocycles. The van der Waals surface area contributed by atoms with Crippen LogP contribution in [0.1, 0.15) is 24.2 Å². The van der Waals surface area contributed by atoms with Crippen molar-refractivity contribution in [3.8, 4) is 11.5 Å². The van der Waals surface area contributed by atoms with Crippen LogP contribution in [-0.4, -0.2) is 17.2 Å². The van der Waals surface area contributed by atoms with Gasteiger partial charge in [-0.25, -0.2) is 0 Å². The van der Waals surface area contributed by atoms with Gasteiger partial charge in [0.1, 0.15) is 11.5 Å². The molecule has 0 aliphatic carbocycles. The van der Waals surface area contributed by atoms with Crippen molar-refractivity contribution in [1.29, 1.82) is 0 Å². The third-order valence-electron chi connectivity index (χ3n) is 3.00. The first-order valence-corrected chi connectivity index (χ1v) is 6.21. The molecule has 0 aliphatic heterocycles. The van der Waals surface area contributed by atoms with Gasteiger partial charge in [0, 0.05) is 18.2 Å². The highest BCUT2D eigenvalue weighted by atomic mass is 16.5. The van der Waals surface area contributed by atoms with Gasteiger partial charge >= 0.3 is 0 Å². The fraction of sp³-hybridized carbons (Fsp3) is 0.267. The molecule has 0 saturated carbocycles. The molecule has 19 heavy (non-hydrogen) atoms. The summed E-state index contributed by atoms with van der Waals surface area (Å²) in [6.45, 7) is 2.72. The van der Waals surface area contributed by atoms with Crippen molar-refractivity contribution in [1.82, 2.24) is 10.3 Å². The molecule has 1 heterocycles. The zero-order chi connectivity index (χ0) is 13.7. The summed E-state index contributed by atoms with van der Waals surface area (Å²) < 4.78 is 5.35. The Labute approximate surface area is 113 Å². The van der Waals surface area contributed by atoms with Crippen molar-refractivity contribution in [2.24, 2.45) is 0 Å². The Morgan fingerprint density at radius 3 is 2.74 bits per heavy atom. The minimum Gasteiger partial charge on any atom is -0.506 e. The molecule has 1 aromatic carbocycles. The molecule has 0 radical (unpaired) electrons. The maximum atomic E-state index is 9.18. The summed E-state index contributed by atoms with van der Waals surface area (Å²) in [5.41, 5.74) is 2.00. The van der Waals surface area contributed by atoms with Gasteiger partial charge in [-0.3, -0.25) is 4.98 Å². The molecule has 0 fully saturated rings. The second kappa shape index (κ2) is 6.20. The number of nitrogens with one attached hydrogen (secondary N) is 1. The van der Waals surface area contributed by atoms with E-state index in [-0.39, 0.29) is 11.8 Å². The first-order valence-electron chi connectivity index (χ1n) is 6.21. The van der Waals surface area contributed by atoms with Gasteiger partial charge in [0.2, 0.25) is 0 Å². The molecule has 4 heteroatoms. The minimum absolute atomic E-state index is 0.159. The molecule has 0 amide bonds. The summed E-state index contributed by atoms with van der Waals surface area (Å²) in [6, 6.07) is 11.5. The molecule has 0 spiro atoms. The predicted octanol–water partition coefficient (Wildman–Crippen LogP) is 2.65. The third-order valence-corrected chi connectivity index (χ3v) is 3.00. The summed E-state index contributed by atoms with van der Waals surface area (Å²) in [5.74, 6) is 1.06. The number of benzene rings is 1. The summed E-state index contributed by atoms with van der Waals surface area (Å²) in [7, 11) is 1.67. The molecule has 1 aromatic heterocycles. The van der Waals surface area contributed by atoms with Gasteiger partial charge < -0.3 is 15.2 Å². The normalized spacial score (nSPS) is 12.1.